The van der Waals surface area contributed by atoms with E-state index in [9.17, 15) is 20.2 Å². The summed E-state index contributed by atoms with van der Waals surface area (Å²) >= 11 is 0. The van der Waals surface area contributed by atoms with Crippen molar-refractivity contribution in [2.75, 3.05) is 11.9 Å². The maximum atomic E-state index is 10.8. The van der Waals surface area contributed by atoms with Crippen molar-refractivity contribution < 1.29 is 9.85 Å². The Kier molecular flexibility index (Phi) is 4.12. The number of imidazole rings is 1. The predicted molar refractivity (Wildman–Crippen MR) is 75.2 cm³/mol. The summed E-state index contributed by atoms with van der Waals surface area (Å²) in [4.78, 5) is 24.0. The van der Waals surface area contributed by atoms with Crippen molar-refractivity contribution in [1.29, 1.82) is 0 Å². The molecule has 2 rings (SSSR count). The van der Waals surface area contributed by atoms with Gasteiger partial charge in [0.2, 0.25) is 12.1 Å². The van der Waals surface area contributed by atoms with E-state index < -0.39 is 9.85 Å². The van der Waals surface area contributed by atoms with Gasteiger partial charge < -0.3 is 15.4 Å². The number of hydrogen-bond donors (Lipinski definition) is 1. The lowest BCUT2D eigenvalue weighted by molar-refractivity contribution is -0.388. The molecule has 0 saturated heterocycles. The van der Waals surface area contributed by atoms with E-state index in [2.05, 4.69) is 10.3 Å². The van der Waals surface area contributed by atoms with E-state index in [1.807, 2.05) is 0 Å². The zero-order chi connectivity index (χ0) is 15.4. The normalized spacial score (nSPS) is 10.3. The number of nitro groups is 2. The standard InChI is InChI=1S/C12H13N5O4/c1-15-8-14-12(17(20)21)11(15)13-7-6-9-2-4-10(5-3-9)16(18)19/h2-5,8,13H,6-7H2,1H3. The lowest BCUT2D eigenvalue weighted by Gasteiger charge is -2.06. The van der Waals surface area contributed by atoms with Crippen molar-refractivity contribution in [3.63, 3.8) is 0 Å². The Morgan fingerprint density at radius 3 is 2.43 bits per heavy atom. The van der Waals surface area contributed by atoms with Crippen LogP contribution in [0.25, 0.3) is 0 Å². The smallest absolute Gasteiger partial charge is 0.364 e. The molecule has 2 aromatic rings. The maximum absolute atomic E-state index is 10.8. The molecule has 1 heterocycles. The van der Waals surface area contributed by atoms with Crippen LogP contribution in [0.15, 0.2) is 30.6 Å². The van der Waals surface area contributed by atoms with Crippen LogP contribution in [0.1, 0.15) is 5.56 Å². The van der Waals surface area contributed by atoms with E-state index in [1.165, 1.54) is 23.0 Å². The van der Waals surface area contributed by atoms with E-state index >= 15 is 0 Å². The fraction of sp³-hybridized carbons (Fsp3) is 0.250. The van der Waals surface area contributed by atoms with Gasteiger partial charge in [0.15, 0.2) is 0 Å². The van der Waals surface area contributed by atoms with Gasteiger partial charge in [-0.05, 0) is 21.9 Å². The molecule has 0 amide bonds. The van der Waals surface area contributed by atoms with Crippen LogP contribution in [0.2, 0.25) is 0 Å². The molecular formula is C12H13N5O4. The molecule has 0 aliphatic heterocycles. The van der Waals surface area contributed by atoms with Crippen LogP contribution in [0.4, 0.5) is 17.3 Å². The van der Waals surface area contributed by atoms with Crippen LogP contribution in [0, 0.1) is 20.2 Å². The number of aromatic nitrogens is 2. The van der Waals surface area contributed by atoms with Crippen LogP contribution in [-0.4, -0.2) is 25.9 Å². The maximum Gasteiger partial charge on any atom is 0.406 e. The van der Waals surface area contributed by atoms with Gasteiger partial charge in [-0.3, -0.25) is 14.7 Å². The minimum absolute atomic E-state index is 0.0361. The molecule has 9 heteroatoms. The van der Waals surface area contributed by atoms with Crippen LogP contribution < -0.4 is 5.32 Å². The number of non-ortho nitro benzene ring substituents is 1. The Morgan fingerprint density at radius 1 is 1.19 bits per heavy atom. The minimum atomic E-state index is -0.547. The fourth-order valence-electron chi connectivity index (χ4n) is 1.86. The second kappa shape index (κ2) is 5.99. The van der Waals surface area contributed by atoms with Gasteiger partial charge >= 0.3 is 5.82 Å². The summed E-state index contributed by atoms with van der Waals surface area (Å²) in [6, 6.07) is 6.19. The highest BCUT2D eigenvalue weighted by atomic mass is 16.6. The van der Waals surface area contributed by atoms with Gasteiger partial charge in [-0.25, -0.2) is 0 Å². The number of nitrogens with one attached hydrogen (secondary N) is 1. The molecule has 1 aromatic carbocycles. The summed E-state index contributed by atoms with van der Waals surface area (Å²) in [5, 5.41) is 24.3. The molecule has 0 fully saturated rings. The first kappa shape index (κ1) is 14.4. The number of benzene rings is 1. The van der Waals surface area contributed by atoms with Crippen molar-refractivity contribution in [1.82, 2.24) is 9.55 Å². The topological polar surface area (TPSA) is 116 Å². The summed E-state index contributed by atoms with van der Waals surface area (Å²) < 4.78 is 1.54. The highest BCUT2D eigenvalue weighted by Gasteiger charge is 2.19. The number of nitrogens with zero attached hydrogens (tertiary/aromatic N) is 4. The summed E-state index contributed by atoms with van der Waals surface area (Å²) in [5.41, 5.74) is 0.937. The Balaban J connectivity index is 1.97. The average molecular weight is 291 g/mol. The van der Waals surface area contributed by atoms with Crippen molar-refractivity contribution in [3.8, 4) is 0 Å². The molecule has 0 bridgehead atoms. The fourth-order valence-corrected chi connectivity index (χ4v) is 1.86. The number of nitro benzene ring substituents is 1. The first-order valence-corrected chi connectivity index (χ1v) is 6.12. The van der Waals surface area contributed by atoms with Gasteiger partial charge in [0.25, 0.3) is 5.69 Å². The SMILES string of the molecule is Cn1cnc([N+](=O)[O-])c1NCCc1ccc([N+](=O)[O-])cc1. The van der Waals surface area contributed by atoms with Gasteiger partial charge in [-0.2, -0.15) is 0 Å². The van der Waals surface area contributed by atoms with E-state index in [0.717, 1.165) is 5.56 Å². The van der Waals surface area contributed by atoms with Crippen molar-refractivity contribution in [2.24, 2.45) is 7.05 Å². The molecule has 0 unspecified atom stereocenters. The third-order valence-electron chi connectivity index (χ3n) is 2.94. The highest BCUT2D eigenvalue weighted by molar-refractivity contribution is 5.52. The van der Waals surface area contributed by atoms with E-state index in [-0.39, 0.29) is 11.5 Å². The Hall–Kier alpha value is -2.97. The minimum Gasteiger partial charge on any atom is -0.364 e. The third-order valence-corrected chi connectivity index (χ3v) is 2.94. The molecule has 9 nitrogen and oxygen atoms in total. The predicted octanol–water partition coefficient (Wildman–Crippen LogP) is 1.89. The van der Waals surface area contributed by atoms with Crippen LogP contribution in [0.5, 0.6) is 0 Å². The second-order valence-corrected chi connectivity index (χ2v) is 4.39. The first-order chi connectivity index (χ1) is 9.99. The Labute approximate surface area is 119 Å². The van der Waals surface area contributed by atoms with Gasteiger partial charge in [0, 0.05) is 25.7 Å². The molecule has 0 aliphatic rings. The molecule has 1 aromatic heterocycles. The lowest BCUT2D eigenvalue weighted by Crippen LogP contribution is -2.09. The summed E-state index contributed by atoms with van der Waals surface area (Å²) in [6.07, 6.45) is 1.95. The van der Waals surface area contributed by atoms with Crippen LogP contribution in [-0.2, 0) is 13.5 Å². The molecular weight excluding hydrogens is 278 g/mol. The molecule has 0 saturated carbocycles. The van der Waals surface area contributed by atoms with Gasteiger partial charge in [0.1, 0.15) is 0 Å². The zero-order valence-electron chi connectivity index (χ0n) is 11.2. The van der Waals surface area contributed by atoms with Gasteiger partial charge in [-0.15, -0.1) is 0 Å². The van der Waals surface area contributed by atoms with Crippen molar-refractivity contribution in [2.45, 2.75) is 6.42 Å². The summed E-state index contributed by atoms with van der Waals surface area (Å²) in [7, 11) is 1.66. The number of anilines is 1. The molecule has 0 spiro atoms. The quantitative estimate of drug-likeness (QED) is 0.641. The third kappa shape index (κ3) is 3.32. The molecule has 21 heavy (non-hydrogen) atoms. The van der Waals surface area contributed by atoms with Crippen molar-refractivity contribution >= 4 is 17.3 Å². The van der Waals surface area contributed by atoms with Gasteiger partial charge in [-0.1, -0.05) is 12.1 Å². The molecule has 0 radical (unpaired) electrons. The summed E-state index contributed by atoms with van der Waals surface area (Å²) in [6.45, 7) is 0.457. The van der Waals surface area contributed by atoms with Crippen molar-refractivity contribution in [3.05, 3.63) is 56.4 Å². The second-order valence-electron chi connectivity index (χ2n) is 4.39. The van der Waals surface area contributed by atoms with Crippen LogP contribution >= 0.6 is 0 Å². The first-order valence-electron chi connectivity index (χ1n) is 6.12. The van der Waals surface area contributed by atoms with Crippen LogP contribution in [0.3, 0.4) is 0 Å². The number of rotatable bonds is 6. The van der Waals surface area contributed by atoms with E-state index in [1.54, 1.807) is 19.2 Å². The number of aryl methyl sites for hydroxylation is 1. The Morgan fingerprint density at radius 2 is 1.86 bits per heavy atom. The molecule has 0 atom stereocenters. The van der Waals surface area contributed by atoms with E-state index in [4.69, 9.17) is 0 Å². The van der Waals surface area contributed by atoms with E-state index in [0.29, 0.717) is 18.8 Å². The largest absolute Gasteiger partial charge is 0.406 e. The molecule has 1 N–H and O–H groups in total. The lowest BCUT2D eigenvalue weighted by atomic mass is 10.1. The summed E-state index contributed by atoms with van der Waals surface area (Å²) in [5.74, 6) is 0.114. The zero-order valence-corrected chi connectivity index (χ0v) is 11.2. The van der Waals surface area contributed by atoms with Gasteiger partial charge in [0.05, 0.1) is 4.92 Å². The average Bonchev–Trinajstić information content (AvgIpc) is 2.81. The highest BCUT2D eigenvalue weighted by Crippen LogP contribution is 2.21. The molecule has 110 valence electrons. The number of hydrogen-bond acceptors (Lipinski definition) is 6. The Bertz CT molecular complexity index is 665. The monoisotopic (exact) mass is 291 g/mol. The molecule has 0 aliphatic carbocycles.